The Kier molecular flexibility index (Phi) is 4.15. The van der Waals surface area contributed by atoms with Crippen LogP contribution in [0.4, 0.5) is 0 Å². The number of hydrogen-bond donors (Lipinski definition) is 1. The molecule has 2 aromatic rings. The third-order valence-electron chi connectivity index (χ3n) is 3.84. The summed E-state index contributed by atoms with van der Waals surface area (Å²) in [7, 11) is 1.51. The Morgan fingerprint density at radius 2 is 1.96 bits per heavy atom. The summed E-state index contributed by atoms with van der Waals surface area (Å²) in [4.78, 5) is 33.6. The lowest BCUT2D eigenvalue weighted by atomic mass is 9.85. The van der Waals surface area contributed by atoms with Crippen LogP contribution in [0.5, 0.6) is 0 Å². The zero-order valence-corrected chi connectivity index (χ0v) is 14.6. The monoisotopic (exact) mass is 384 g/mol. The van der Waals surface area contributed by atoms with Crippen molar-refractivity contribution in [3.05, 3.63) is 74.7 Å². The van der Waals surface area contributed by atoms with Crippen molar-refractivity contribution in [2.45, 2.75) is 6.92 Å². The Morgan fingerprint density at radius 3 is 2.62 bits per heavy atom. The molecule has 1 aliphatic rings. The second-order valence-electron chi connectivity index (χ2n) is 5.32. The number of aliphatic hydroxyl groups is 1. The second kappa shape index (κ2) is 6.13. The summed E-state index contributed by atoms with van der Waals surface area (Å²) in [6.07, 6.45) is 1.47. The fourth-order valence-corrected chi connectivity index (χ4v) is 3.11. The van der Waals surface area contributed by atoms with Gasteiger partial charge in [-0.05, 0) is 30.7 Å². The zero-order valence-electron chi connectivity index (χ0n) is 13.0. The molecule has 0 amide bonds. The molecule has 6 heteroatoms. The van der Waals surface area contributed by atoms with Gasteiger partial charge in [0.25, 0.3) is 0 Å². The number of ketones is 2. The summed E-state index contributed by atoms with van der Waals surface area (Å²) >= 11 is 3.36. The fraction of sp³-hybridized carbons (Fsp3) is 0.111. The summed E-state index contributed by atoms with van der Waals surface area (Å²) in [5.74, 6) is -1.71. The van der Waals surface area contributed by atoms with Crippen molar-refractivity contribution in [3.8, 4) is 0 Å². The van der Waals surface area contributed by atoms with Crippen molar-refractivity contribution in [2.24, 2.45) is 4.99 Å². The number of carbonyl (C=O) groups excluding carboxylic acids is 2. The van der Waals surface area contributed by atoms with Gasteiger partial charge in [0.15, 0.2) is 5.76 Å². The molecular weight excluding hydrogens is 372 g/mol. The molecule has 0 radical (unpaired) electrons. The Balaban J connectivity index is 2.23. The smallest absolute Gasteiger partial charge is 0.230 e. The van der Waals surface area contributed by atoms with Crippen LogP contribution in [0.1, 0.15) is 32.0 Å². The van der Waals surface area contributed by atoms with E-state index in [1.165, 1.54) is 13.2 Å². The fourth-order valence-electron chi connectivity index (χ4n) is 2.72. The molecule has 1 aliphatic carbocycles. The molecule has 0 saturated carbocycles. The van der Waals surface area contributed by atoms with E-state index in [2.05, 4.69) is 25.9 Å². The number of aryl methyl sites for hydroxylation is 1. The highest BCUT2D eigenvalue weighted by molar-refractivity contribution is 9.10. The molecule has 5 nitrogen and oxygen atoms in total. The number of aromatic nitrogens is 1. The van der Waals surface area contributed by atoms with Gasteiger partial charge in [-0.3, -0.25) is 19.6 Å². The summed E-state index contributed by atoms with van der Waals surface area (Å²) in [6, 6.07) is 8.77. The molecule has 24 heavy (non-hydrogen) atoms. The third-order valence-corrected chi connectivity index (χ3v) is 4.33. The largest absolute Gasteiger partial charge is 0.504 e. The first-order valence-electron chi connectivity index (χ1n) is 7.17. The molecule has 1 aromatic heterocycles. The van der Waals surface area contributed by atoms with E-state index in [4.69, 9.17) is 0 Å². The standard InChI is InChI=1S/C18H13BrN2O3/c1-9-6-7-21-15-12(9)17(23)18(24)13(16(15)22)14(20-2)10-4-3-5-11(19)8-10/h3-8,24H,1-2H3/b20-14-. The first kappa shape index (κ1) is 16.3. The molecule has 0 fully saturated rings. The van der Waals surface area contributed by atoms with Crippen LogP contribution in [0.25, 0.3) is 0 Å². The number of halogens is 1. The minimum atomic E-state index is -0.610. The molecule has 1 aromatic carbocycles. The SMILES string of the molecule is C/N=C(\C1=C(O)C(=O)c2c(C)ccnc2C1=O)c1cccc(Br)c1. The zero-order chi connectivity index (χ0) is 17.4. The van der Waals surface area contributed by atoms with Crippen LogP contribution < -0.4 is 0 Å². The predicted molar refractivity (Wildman–Crippen MR) is 93.9 cm³/mol. The minimum absolute atomic E-state index is 0.0453. The number of benzene rings is 1. The topological polar surface area (TPSA) is 79.6 Å². The molecule has 1 N–H and O–H groups in total. The molecule has 0 aliphatic heterocycles. The number of allylic oxidation sites excluding steroid dienone is 2. The lowest BCUT2D eigenvalue weighted by molar-refractivity contribution is 0.0930. The predicted octanol–water partition coefficient (Wildman–Crippen LogP) is 3.46. The van der Waals surface area contributed by atoms with E-state index in [0.717, 1.165) is 4.47 Å². The number of aliphatic hydroxyl groups excluding tert-OH is 1. The van der Waals surface area contributed by atoms with Crippen molar-refractivity contribution in [1.29, 1.82) is 0 Å². The Hall–Kier alpha value is -2.60. The van der Waals surface area contributed by atoms with Crippen LogP contribution in [-0.2, 0) is 0 Å². The van der Waals surface area contributed by atoms with Crippen molar-refractivity contribution >= 4 is 33.2 Å². The lowest BCUT2D eigenvalue weighted by Crippen LogP contribution is -2.28. The van der Waals surface area contributed by atoms with Gasteiger partial charge in [0, 0.05) is 23.3 Å². The number of fused-ring (bicyclic) bond motifs is 1. The van der Waals surface area contributed by atoms with E-state index in [1.54, 1.807) is 31.2 Å². The lowest BCUT2D eigenvalue weighted by Gasteiger charge is -2.19. The van der Waals surface area contributed by atoms with E-state index in [-0.39, 0.29) is 22.5 Å². The summed E-state index contributed by atoms with van der Waals surface area (Å²) in [5.41, 5.74) is 1.54. The van der Waals surface area contributed by atoms with Crippen molar-refractivity contribution in [3.63, 3.8) is 0 Å². The second-order valence-corrected chi connectivity index (χ2v) is 6.23. The molecular formula is C18H13BrN2O3. The molecule has 1 heterocycles. The number of aliphatic imine (C=N–C) groups is 1. The van der Waals surface area contributed by atoms with Crippen LogP contribution in [-0.4, -0.2) is 34.4 Å². The number of carbonyl (C=O) groups is 2. The van der Waals surface area contributed by atoms with Gasteiger partial charge >= 0.3 is 0 Å². The molecule has 0 bridgehead atoms. The van der Waals surface area contributed by atoms with Crippen LogP contribution in [0.3, 0.4) is 0 Å². The van der Waals surface area contributed by atoms with Gasteiger partial charge < -0.3 is 5.11 Å². The van der Waals surface area contributed by atoms with Crippen molar-refractivity contribution in [2.75, 3.05) is 7.05 Å². The molecule has 3 rings (SSSR count). The van der Waals surface area contributed by atoms with Gasteiger partial charge in [-0.25, -0.2) is 0 Å². The average molecular weight is 385 g/mol. The molecule has 0 saturated heterocycles. The average Bonchev–Trinajstić information content (AvgIpc) is 2.56. The van der Waals surface area contributed by atoms with E-state index in [1.807, 2.05) is 6.07 Å². The van der Waals surface area contributed by atoms with Crippen LogP contribution in [0.15, 0.2) is 57.3 Å². The van der Waals surface area contributed by atoms with E-state index >= 15 is 0 Å². The quantitative estimate of drug-likeness (QED) is 0.803. The number of nitrogens with zero attached hydrogens (tertiary/aromatic N) is 2. The van der Waals surface area contributed by atoms with Gasteiger partial charge in [-0.2, -0.15) is 0 Å². The van der Waals surface area contributed by atoms with E-state index in [0.29, 0.717) is 11.1 Å². The molecule has 0 unspecified atom stereocenters. The highest BCUT2D eigenvalue weighted by Gasteiger charge is 2.37. The molecule has 0 atom stereocenters. The van der Waals surface area contributed by atoms with E-state index < -0.39 is 17.3 Å². The number of Topliss-reactive ketones (excluding diaryl/α,β-unsaturated/α-hetero) is 2. The maximum Gasteiger partial charge on any atom is 0.230 e. The number of rotatable bonds is 2. The van der Waals surface area contributed by atoms with Crippen LogP contribution in [0.2, 0.25) is 0 Å². The maximum atomic E-state index is 12.9. The van der Waals surface area contributed by atoms with Crippen molar-refractivity contribution < 1.29 is 14.7 Å². The first-order valence-corrected chi connectivity index (χ1v) is 7.96. The molecule has 120 valence electrons. The van der Waals surface area contributed by atoms with Crippen LogP contribution >= 0.6 is 15.9 Å². The van der Waals surface area contributed by atoms with E-state index in [9.17, 15) is 14.7 Å². The van der Waals surface area contributed by atoms with Gasteiger partial charge in [-0.1, -0.05) is 28.1 Å². The Labute approximate surface area is 146 Å². The Bertz CT molecular complexity index is 945. The number of hydrogen-bond acceptors (Lipinski definition) is 5. The van der Waals surface area contributed by atoms with Gasteiger partial charge in [0.1, 0.15) is 5.69 Å². The van der Waals surface area contributed by atoms with Gasteiger partial charge in [-0.15, -0.1) is 0 Å². The third kappa shape index (κ3) is 2.49. The summed E-state index contributed by atoms with van der Waals surface area (Å²) in [5, 5.41) is 10.4. The van der Waals surface area contributed by atoms with Crippen LogP contribution in [0, 0.1) is 6.92 Å². The first-order chi connectivity index (χ1) is 11.5. The Morgan fingerprint density at radius 1 is 1.21 bits per heavy atom. The van der Waals surface area contributed by atoms with Gasteiger partial charge in [0.05, 0.1) is 16.8 Å². The van der Waals surface area contributed by atoms with Gasteiger partial charge in [0.2, 0.25) is 11.6 Å². The van der Waals surface area contributed by atoms with Crippen molar-refractivity contribution in [1.82, 2.24) is 4.98 Å². The highest BCUT2D eigenvalue weighted by Crippen LogP contribution is 2.29. The summed E-state index contributed by atoms with van der Waals surface area (Å²) in [6.45, 7) is 1.70. The summed E-state index contributed by atoms with van der Waals surface area (Å²) < 4.78 is 0.796. The highest BCUT2D eigenvalue weighted by atomic mass is 79.9. The normalized spacial score (nSPS) is 14.9. The minimum Gasteiger partial charge on any atom is -0.504 e. The number of pyridine rings is 1. The maximum absolute atomic E-state index is 12.9. The molecule has 0 spiro atoms.